The van der Waals surface area contributed by atoms with Crippen LogP contribution in [0.4, 0.5) is 13.2 Å². The Morgan fingerprint density at radius 1 is 1.25 bits per heavy atom. The lowest BCUT2D eigenvalue weighted by molar-refractivity contribution is -0.139. The number of aliphatic carboxylic acids is 1. The third kappa shape index (κ3) is 5.08. The second-order valence-electron chi connectivity index (χ2n) is 3.98. The van der Waals surface area contributed by atoms with Crippen LogP contribution in [0.3, 0.4) is 0 Å². The number of nitrogens with one attached hydrogen (secondary N) is 1. The van der Waals surface area contributed by atoms with Crippen LogP contribution in [-0.4, -0.2) is 17.0 Å². The molecule has 0 aliphatic carbocycles. The van der Waals surface area contributed by atoms with Crippen molar-refractivity contribution in [3.63, 3.8) is 0 Å². The van der Waals surface area contributed by atoms with Gasteiger partial charge in [0.25, 0.3) is 0 Å². The maximum absolute atomic E-state index is 12.6. The number of halogens is 4. The Balaban J connectivity index is 2.65. The molecule has 0 radical (unpaired) electrons. The molecule has 0 saturated heterocycles. The van der Waals surface area contributed by atoms with Crippen molar-refractivity contribution in [3.05, 3.63) is 34.3 Å². The molecule has 4 nitrogen and oxygen atoms in total. The average Bonchev–Trinajstić information content (AvgIpc) is 2.33. The van der Waals surface area contributed by atoms with E-state index in [0.717, 1.165) is 12.1 Å². The van der Waals surface area contributed by atoms with E-state index in [9.17, 15) is 22.8 Å². The topological polar surface area (TPSA) is 66.4 Å². The van der Waals surface area contributed by atoms with Crippen molar-refractivity contribution < 1.29 is 27.9 Å². The van der Waals surface area contributed by atoms with E-state index in [1.54, 1.807) is 0 Å². The van der Waals surface area contributed by atoms with Gasteiger partial charge in [-0.2, -0.15) is 13.2 Å². The maximum Gasteiger partial charge on any atom is 0.417 e. The highest BCUT2D eigenvalue weighted by Crippen LogP contribution is 2.35. The molecule has 0 atom stereocenters. The van der Waals surface area contributed by atoms with Crippen molar-refractivity contribution in [3.8, 4) is 0 Å². The summed E-state index contributed by atoms with van der Waals surface area (Å²) in [6.07, 6.45) is -5.13. The summed E-state index contributed by atoms with van der Waals surface area (Å²) in [7, 11) is 0. The highest BCUT2D eigenvalue weighted by molar-refractivity contribution is 6.31. The standard InChI is InChI=1S/C12H11ClF3NO3/c13-9-2-1-7(5-8(9)12(14,15)16)6-17-10(18)3-4-11(19)20/h1-2,5H,3-4,6H2,(H,17,18)(H,19,20). The van der Waals surface area contributed by atoms with E-state index in [-0.39, 0.29) is 24.9 Å². The van der Waals surface area contributed by atoms with Crippen LogP contribution >= 0.6 is 11.6 Å². The number of carbonyl (C=O) groups excluding carboxylic acids is 1. The van der Waals surface area contributed by atoms with Crippen molar-refractivity contribution in [2.75, 3.05) is 0 Å². The number of hydrogen-bond donors (Lipinski definition) is 2. The van der Waals surface area contributed by atoms with Gasteiger partial charge in [0.2, 0.25) is 5.91 Å². The maximum atomic E-state index is 12.6. The molecule has 0 unspecified atom stereocenters. The zero-order valence-corrected chi connectivity index (χ0v) is 10.9. The van der Waals surface area contributed by atoms with Gasteiger partial charge in [-0.25, -0.2) is 0 Å². The minimum atomic E-state index is -4.57. The summed E-state index contributed by atoms with van der Waals surface area (Å²) in [5.74, 6) is -1.66. The first-order valence-corrected chi connectivity index (χ1v) is 5.92. The molecule has 0 saturated carbocycles. The van der Waals surface area contributed by atoms with Crippen LogP contribution in [0.15, 0.2) is 18.2 Å². The summed E-state index contributed by atoms with van der Waals surface area (Å²) in [5.41, 5.74) is -0.748. The Kier molecular flexibility index (Phi) is 5.38. The second-order valence-corrected chi connectivity index (χ2v) is 4.39. The average molecular weight is 310 g/mol. The van der Waals surface area contributed by atoms with Crippen molar-refractivity contribution >= 4 is 23.5 Å². The molecule has 20 heavy (non-hydrogen) atoms. The Morgan fingerprint density at radius 2 is 1.90 bits per heavy atom. The van der Waals surface area contributed by atoms with Crippen LogP contribution in [0.2, 0.25) is 5.02 Å². The highest BCUT2D eigenvalue weighted by Gasteiger charge is 2.33. The Hall–Kier alpha value is -1.76. The van der Waals surface area contributed by atoms with Gasteiger partial charge < -0.3 is 10.4 Å². The van der Waals surface area contributed by atoms with E-state index in [2.05, 4.69) is 5.32 Å². The van der Waals surface area contributed by atoms with Crippen LogP contribution in [-0.2, 0) is 22.3 Å². The summed E-state index contributed by atoms with van der Waals surface area (Å²) in [6.45, 7) is -0.126. The molecule has 1 aromatic carbocycles. The van der Waals surface area contributed by atoms with Gasteiger partial charge in [0, 0.05) is 13.0 Å². The molecule has 0 aromatic heterocycles. The highest BCUT2D eigenvalue weighted by atomic mass is 35.5. The second kappa shape index (κ2) is 6.60. The van der Waals surface area contributed by atoms with Gasteiger partial charge >= 0.3 is 12.1 Å². The number of amides is 1. The third-order valence-corrected chi connectivity index (χ3v) is 2.72. The lowest BCUT2D eigenvalue weighted by Crippen LogP contribution is -2.23. The smallest absolute Gasteiger partial charge is 0.417 e. The van der Waals surface area contributed by atoms with Crippen LogP contribution in [0.25, 0.3) is 0 Å². The predicted molar refractivity (Wildman–Crippen MR) is 65.2 cm³/mol. The van der Waals surface area contributed by atoms with E-state index in [4.69, 9.17) is 16.7 Å². The van der Waals surface area contributed by atoms with Crippen LogP contribution < -0.4 is 5.32 Å². The summed E-state index contributed by atoms with van der Waals surface area (Å²) in [6, 6.07) is 3.30. The van der Waals surface area contributed by atoms with Gasteiger partial charge in [-0.3, -0.25) is 9.59 Å². The molecule has 0 spiro atoms. The van der Waals surface area contributed by atoms with E-state index >= 15 is 0 Å². The number of alkyl halides is 3. The van der Waals surface area contributed by atoms with E-state index in [0.29, 0.717) is 0 Å². The molecule has 1 rings (SSSR count). The third-order valence-electron chi connectivity index (χ3n) is 2.39. The fourth-order valence-corrected chi connectivity index (χ4v) is 1.63. The molecule has 1 aromatic rings. The predicted octanol–water partition coefficient (Wildman–Crippen LogP) is 2.84. The van der Waals surface area contributed by atoms with Gasteiger partial charge in [-0.15, -0.1) is 0 Å². The van der Waals surface area contributed by atoms with Crippen molar-refractivity contribution in [2.45, 2.75) is 25.6 Å². The van der Waals surface area contributed by atoms with E-state index in [1.807, 2.05) is 0 Å². The first-order chi connectivity index (χ1) is 9.20. The summed E-state index contributed by atoms with van der Waals surface area (Å²) >= 11 is 5.46. The molecule has 110 valence electrons. The summed E-state index contributed by atoms with van der Waals surface area (Å²) < 4.78 is 37.8. The zero-order chi connectivity index (χ0) is 15.3. The fourth-order valence-electron chi connectivity index (χ4n) is 1.41. The molecule has 0 heterocycles. The lowest BCUT2D eigenvalue weighted by Gasteiger charge is -2.11. The molecule has 2 N–H and O–H groups in total. The molecular formula is C12H11ClF3NO3. The molecule has 8 heteroatoms. The Bertz CT molecular complexity index is 517. The molecule has 1 amide bonds. The van der Waals surface area contributed by atoms with Crippen molar-refractivity contribution in [1.29, 1.82) is 0 Å². The molecule has 0 aliphatic heterocycles. The zero-order valence-electron chi connectivity index (χ0n) is 10.1. The molecular weight excluding hydrogens is 299 g/mol. The Labute approximate surface area is 117 Å². The van der Waals surface area contributed by atoms with Crippen LogP contribution in [0.5, 0.6) is 0 Å². The first-order valence-electron chi connectivity index (χ1n) is 5.54. The van der Waals surface area contributed by atoms with Crippen LogP contribution in [0, 0.1) is 0 Å². The molecule has 0 bridgehead atoms. The monoisotopic (exact) mass is 309 g/mol. The summed E-state index contributed by atoms with van der Waals surface area (Å²) in [4.78, 5) is 21.5. The van der Waals surface area contributed by atoms with Crippen LogP contribution in [0.1, 0.15) is 24.0 Å². The van der Waals surface area contributed by atoms with Gasteiger partial charge in [0.1, 0.15) is 0 Å². The lowest BCUT2D eigenvalue weighted by atomic mass is 10.1. The number of carboxylic acids is 1. The van der Waals surface area contributed by atoms with Gasteiger partial charge in [0.05, 0.1) is 17.0 Å². The minimum Gasteiger partial charge on any atom is -0.481 e. The van der Waals surface area contributed by atoms with Crippen molar-refractivity contribution in [2.24, 2.45) is 0 Å². The minimum absolute atomic E-state index is 0.126. The number of benzene rings is 1. The normalized spacial score (nSPS) is 11.2. The Morgan fingerprint density at radius 3 is 2.45 bits per heavy atom. The first kappa shape index (κ1) is 16.3. The van der Waals surface area contributed by atoms with E-state index in [1.165, 1.54) is 6.07 Å². The number of hydrogen-bond acceptors (Lipinski definition) is 2. The molecule has 0 fully saturated rings. The van der Waals surface area contributed by atoms with Gasteiger partial charge in [-0.1, -0.05) is 17.7 Å². The number of carboxylic acid groups (broad SMARTS) is 1. The number of carbonyl (C=O) groups is 2. The van der Waals surface area contributed by atoms with Gasteiger partial charge in [-0.05, 0) is 17.7 Å². The molecule has 0 aliphatic rings. The van der Waals surface area contributed by atoms with Gasteiger partial charge in [0.15, 0.2) is 0 Å². The largest absolute Gasteiger partial charge is 0.481 e. The quantitative estimate of drug-likeness (QED) is 0.879. The van der Waals surface area contributed by atoms with Crippen molar-refractivity contribution in [1.82, 2.24) is 5.32 Å². The fraction of sp³-hybridized carbons (Fsp3) is 0.333. The number of rotatable bonds is 5. The summed E-state index contributed by atoms with van der Waals surface area (Å²) in [5, 5.41) is 10.3. The SMILES string of the molecule is O=C(O)CCC(=O)NCc1ccc(Cl)c(C(F)(F)F)c1. The van der Waals surface area contributed by atoms with E-state index < -0.39 is 28.6 Å².